The third kappa shape index (κ3) is 11.3. The largest absolute Gasteiger partial charge is 0.444 e. The Morgan fingerprint density at radius 1 is 0.884 bits per heavy atom. The Bertz CT molecular complexity index is 1330. The van der Waals surface area contributed by atoms with E-state index in [0.717, 1.165) is 47.9 Å². The lowest BCUT2D eigenvalue weighted by molar-refractivity contribution is 0.0492. The zero-order chi connectivity index (χ0) is 31.7. The molecule has 0 aliphatic heterocycles. The van der Waals surface area contributed by atoms with Crippen molar-refractivity contribution in [3.05, 3.63) is 75.6 Å². The first-order valence-electron chi connectivity index (χ1n) is 13.5. The lowest BCUT2D eigenvalue weighted by Crippen LogP contribution is -2.34. The summed E-state index contributed by atoms with van der Waals surface area (Å²) < 4.78 is 10.5. The van der Waals surface area contributed by atoms with Crippen LogP contribution in [0.4, 0.5) is 15.3 Å². The summed E-state index contributed by atoms with van der Waals surface area (Å²) in [4.78, 5) is 27.0. The van der Waals surface area contributed by atoms with Crippen molar-refractivity contribution in [1.29, 1.82) is 0 Å². The minimum atomic E-state index is -0.512. The van der Waals surface area contributed by atoms with Crippen LogP contribution in [0.25, 0.3) is 4.85 Å². The summed E-state index contributed by atoms with van der Waals surface area (Å²) in [5, 5.41) is 24.0. The fraction of sp³-hybridized carbons (Fsp3) is 0.467. The van der Waals surface area contributed by atoms with Gasteiger partial charge in [0.2, 0.25) is 0 Å². The lowest BCUT2D eigenvalue weighted by Gasteiger charge is -2.22. The highest BCUT2D eigenvalue weighted by atomic mass is 35.5. The molecule has 0 bridgehead atoms. The summed E-state index contributed by atoms with van der Waals surface area (Å²) >= 11 is 0. The van der Waals surface area contributed by atoms with Gasteiger partial charge in [-0.25, -0.2) is 20.3 Å². The zero-order valence-corrected chi connectivity index (χ0v) is 26.2. The van der Waals surface area contributed by atoms with Crippen LogP contribution >= 0.6 is 12.4 Å². The molecule has 2 amide bonds. The van der Waals surface area contributed by atoms with Crippen LogP contribution in [0.1, 0.15) is 94.3 Å². The van der Waals surface area contributed by atoms with Crippen molar-refractivity contribution in [3.8, 4) is 0 Å². The number of amidine groups is 1. The first-order chi connectivity index (χ1) is 19.7. The summed E-state index contributed by atoms with van der Waals surface area (Å²) in [7, 11) is 0. The van der Waals surface area contributed by atoms with E-state index in [1.54, 1.807) is 12.1 Å². The zero-order valence-electron chi connectivity index (χ0n) is 25.4. The quantitative estimate of drug-likeness (QED) is 0.0819. The molecular weight excluding hydrogens is 576 g/mol. The first kappa shape index (κ1) is 37.0. The average Bonchev–Trinajstić information content (AvgIpc) is 3.50. The molecule has 0 saturated heterocycles. The fourth-order valence-corrected chi connectivity index (χ4v) is 4.71. The van der Waals surface area contributed by atoms with Crippen molar-refractivity contribution in [1.82, 2.24) is 10.6 Å². The normalized spacial score (nSPS) is 16.8. The van der Waals surface area contributed by atoms with Crippen molar-refractivity contribution in [2.45, 2.75) is 90.5 Å². The van der Waals surface area contributed by atoms with Crippen LogP contribution in [0.2, 0.25) is 0 Å². The van der Waals surface area contributed by atoms with E-state index in [1.807, 2.05) is 65.8 Å². The smallest absolute Gasteiger partial charge is 0.408 e. The predicted octanol–water partition coefficient (Wildman–Crippen LogP) is 5.80. The fourth-order valence-electron chi connectivity index (χ4n) is 4.71. The molecule has 8 N–H and O–H groups in total. The molecule has 2 atom stereocenters. The molecule has 0 saturated carbocycles. The molecule has 236 valence electrons. The van der Waals surface area contributed by atoms with Crippen LogP contribution in [-0.2, 0) is 22.3 Å². The topological polar surface area (TPSA) is 186 Å². The van der Waals surface area contributed by atoms with Crippen LogP contribution in [0.3, 0.4) is 0 Å². The number of fused-ring (bicyclic) bond motifs is 2. The van der Waals surface area contributed by atoms with E-state index in [9.17, 15) is 9.59 Å². The van der Waals surface area contributed by atoms with E-state index < -0.39 is 17.3 Å². The van der Waals surface area contributed by atoms with Gasteiger partial charge in [0.05, 0.1) is 18.7 Å². The Morgan fingerprint density at radius 3 is 1.74 bits per heavy atom. The van der Waals surface area contributed by atoms with Crippen LogP contribution in [0, 0.1) is 6.57 Å². The molecule has 0 fully saturated rings. The maximum Gasteiger partial charge on any atom is 0.408 e. The number of alkyl carbamates (subject to hydrolysis) is 2. The predicted molar refractivity (Wildman–Crippen MR) is 166 cm³/mol. The summed E-state index contributed by atoms with van der Waals surface area (Å²) in [6.07, 6.45) is 2.59. The number of hydrogen-bond donors (Lipinski definition) is 6. The number of benzene rings is 2. The number of nitrogens with one attached hydrogen (secondary N) is 2. The van der Waals surface area contributed by atoms with Crippen LogP contribution in [-0.4, -0.2) is 39.6 Å². The Balaban J connectivity index is 0.000000399. The third-order valence-corrected chi connectivity index (χ3v) is 6.34. The highest BCUT2D eigenvalue weighted by molar-refractivity contribution is 5.97. The van der Waals surface area contributed by atoms with Crippen molar-refractivity contribution in [2.75, 3.05) is 0 Å². The van der Waals surface area contributed by atoms with Crippen LogP contribution in [0.15, 0.2) is 41.6 Å². The maximum absolute atomic E-state index is 11.8. The van der Waals surface area contributed by atoms with Gasteiger partial charge in [-0.2, -0.15) is 0 Å². The maximum atomic E-state index is 11.8. The number of aryl methyl sites for hydroxylation is 2. The molecule has 2 aliphatic carbocycles. The Labute approximate surface area is 259 Å². The second-order valence-corrected chi connectivity index (χ2v) is 11.9. The number of halogens is 1. The molecule has 0 radical (unpaired) electrons. The molecule has 0 heterocycles. The minimum Gasteiger partial charge on any atom is -0.444 e. The van der Waals surface area contributed by atoms with Crippen molar-refractivity contribution in [2.24, 2.45) is 16.8 Å². The summed E-state index contributed by atoms with van der Waals surface area (Å²) in [6.45, 7) is 18.0. The lowest BCUT2D eigenvalue weighted by atomic mass is 10.0. The van der Waals surface area contributed by atoms with Gasteiger partial charge in [-0.15, -0.1) is 12.4 Å². The molecule has 2 aromatic rings. The van der Waals surface area contributed by atoms with E-state index in [0.29, 0.717) is 11.3 Å². The second-order valence-electron chi connectivity index (χ2n) is 11.9. The van der Waals surface area contributed by atoms with Crippen molar-refractivity contribution in [3.63, 3.8) is 0 Å². The van der Waals surface area contributed by atoms with E-state index in [4.69, 9.17) is 32.2 Å². The molecule has 0 unspecified atom stereocenters. The third-order valence-electron chi connectivity index (χ3n) is 6.34. The average molecular weight is 619 g/mol. The highest BCUT2D eigenvalue weighted by Crippen LogP contribution is 2.34. The molecular formula is C30H43ClN6O6. The number of nitrogens with two attached hydrogens (primary N) is 2. The number of rotatable bonds is 3. The van der Waals surface area contributed by atoms with Gasteiger partial charge < -0.3 is 36.3 Å². The number of hydrogen-bond acceptors (Lipinski definition) is 8. The monoisotopic (exact) mass is 618 g/mol. The van der Waals surface area contributed by atoms with E-state index >= 15 is 0 Å². The highest BCUT2D eigenvalue weighted by Gasteiger charge is 2.27. The Hall–Kier alpha value is -4.05. The Kier molecular flexibility index (Phi) is 13.7. The molecule has 2 aliphatic rings. The summed E-state index contributed by atoms with van der Waals surface area (Å²) in [5.74, 6) is 3.58. The van der Waals surface area contributed by atoms with E-state index in [-0.39, 0.29) is 36.4 Å². The standard InChI is InChI=1S/C15H21N3O3.C15H18N2O2.ClH.H3NO/c1-15(2,3)21-14(19)17-12-7-5-9-8-10(13(16)18-20)4-6-11(9)12;1-15(2,3)19-14(18)17-13-8-5-10-9-11(16-4)6-7-12(10)13;;1-2/h4,6,8,12,20H,5,7H2,1-3H3,(H2,16,18)(H,17,19);6-7,9,13H,5,8H2,1-3H3,(H,17,18);1H;2H,1H2/t12-;13-;;/m11../s1. The molecule has 12 nitrogen and oxygen atoms in total. The van der Waals surface area contributed by atoms with Gasteiger partial charge in [0, 0.05) is 5.56 Å². The van der Waals surface area contributed by atoms with Gasteiger partial charge in [-0.3, -0.25) is 0 Å². The summed E-state index contributed by atoms with van der Waals surface area (Å²) in [5.41, 5.74) is 10.3. The number of nitrogens with zero attached hydrogens (tertiary/aromatic N) is 2. The second kappa shape index (κ2) is 16.0. The molecule has 0 spiro atoms. The summed E-state index contributed by atoms with van der Waals surface area (Å²) in [6, 6.07) is 11.1. The molecule has 13 heteroatoms. The number of carbonyl (C=O) groups excluding carboxylic acids is 2. The molecule has 2 aromatic carbocycles. The van der Waals surface area contributed by atoms with Crippen LogP contribution in [0.5, 0.6) is 0 Å². The molecule has 43 heavy (non-hydrogen) atoms. The number of carbonyl (C=O) groups is 2. The van der Waals surface area contributed by atoms with E-state index in [1.165, 1.54) is 0 Å². The number of ether oxygens (including phenoxy) is 2. The molecule has 0 aromatic heterocycles. The van der Waals surface area contributed by atoms with E-state index in [2.05, 4.69) is 26.5 Å². The van der Waals surface area contributed by atoms with Gasteiger partial charge in [0.25, 0.3) is 0 Å². The van der Waals surface area contributed by atoms with Gasteiger partial charge in [-0.1, -0.05) is 41.1 Å². The Morgan fingerprint density at radius 2 is 1.33 bits per heavy atom. The molecule has 4 rings (SSSR count). The minimum absolute atomic E-state index is 0. The van der Waals surface area contributed by atoms with Crippen molar-refractivity contribution >= 4 is 36.1 Å². The first-order valence-corrected chi connectivity index (χ1v) is 13.5. The van der Waals surface area contributed by atoms with Gasteiger partial charge in [0.15, 0.2) is 11.5 Å². The van der Waals surface area contributed by atoms with Crippen molar-refractivity contribution < 1.29 is 29.5 Å². The number of oxime groups is 1. The number of amides is 2. The van der Waals surface area contributed by atoms with Crippen LogP contribution < -0.4 is 22.3 Å². The van der Waals surface area contributed by atoms with Gasteiger partial charge in [-0.05, 0) is 90.0 Å². The van der Waals surface area contributed by atoms with Gasteiger partial charge >= 0.3 is 12.2 Å². The SMILES string of the molecule is CC(C)(C)OC(=O)N[C@@H]1CCc2cc(C(N)=NO)ccc21.Cl.NO.[C-]#[N+]c1ccc2c(c1)CC[C@H]2NC(=O)OC(C)(C)C. The van der Waals surface area contributed by atoms with Gasteiger partial charge in [0.1, 0.15) is 11.2 Å².